The van der Waals surface area contributed by atoms with Gasteiger partial charge in [0.2, 0.25) is 6.23 Å². The van der Waals surface area contributed by atoms with E-state index in [4.69, 9.17) is 34.8 Å². The highest BCUT2D eigenvalue weighted by Gasteiger charge is 2.45. The summed E-state index contributed by atoms with van der Waals surface area (Å²) in [5.74, 6) is 0. The second kappa shape index (κ2) is 15.0. The number of carbonyl (C=O) groups is 2. The maximum Gasteiger partial charge on any atom is 0.437 e. The Bertz CT molecular complexity index is 1040. The zero-order valence-corrected chi connectivity index (χ0v) is 26.6. The average molecular weight is 591 g/mol. The third kappa shape index (κ3) is 13.8. The Hall–Kier alpha value is -2.91. The first-order valence-corrected chi connectivity index (χ1v) is 14.5. The molecule has 4 rings (SSSR count). The van der Waals surface area contributed by atoms with Crippen molar-refractivity contribution in [2.24, 2.45) is 11.1 Å². The van der Waals surface area contributed by atoms with Crippen molar-refractivity contribution >= 4 is 12.2 Å². The number of hydrogen-bond acceptors (Lipinski definition) is 9. The minimum atomic E-state index is -0.543. The summed E-state index contributed by atoms with van der Waals surface area (Å²) >= 11 is 0. The van der Waals surface area contributed by atoms with Crippen LogP contribution in [0.15, 0.2) is 24.3 Å². The number of rotatable bonds is 3. The Kier molecular flexibility index (Phi) is 12.6. The van der Waals surface area contributed by atoms with Gasteiger partial charge in [-0.15, -0.1) is 5.06 Å². The number of alkyl carbamates (subject to hydrolysis) is 1. The first-order valence-electron chi connectivity index (χ1n) is 14.5. The number of nitrogens with two attached hydrogens (primary N) is 1. The van der Waals surface area contributed by atoms with Crippen LogP contribution in [0.4, 0.5) is 9.59 Å². The fraction of sp³-hybridized carbons (Fsp3) is 0.710. The number of amides is 2. The van der Waals surface area contributed by atoms with Crippen LogP contribution >= 0.6 is 0 Å². The van der Waals surface area contributed by atoms with Gasteiger partial charge in [0, 0.05) is 44.1 Å². The van der Waals surface area contributed by atoms with E-state index in [9.17, 15) is 9.59 Å². The highest BCUT2D eigenvalue weighted by molar-refractivity contribution is 5.69. The van der Waals surface area contributed by atoms with E-state index >= 15 is 0 Å². The molecule has 0 radical (unpaired) electrons. The summed E-state index contributed by atoms with van der Waals surface area (Å²) in [5, 5.41) is 12.7. The Morgan fingerprint density at radius 2 is 1.45 bits per heavy atom. The average Bonchev–Trinajstić information content (AvgIpc) is 3.68. The standard InChI is InChI=1S/C13H14N2O3.C12H23NO3.C6H13NO/c1-13(2,3)17-12(16)15-11(18-15)10-6-4-9(8-14)5-7-10;1-11(2,3)16-10(14)13-9-12(4)5-7-15-8-6-12;1-6(7)2-4-8-5-3-6/h4-7,11H,1-3H3;5-9H2,1-4H3,(H,13,14);2-5,7H2,1H3. The molecule has 1 unspecified atom stereocenters. The van der Waals surface area contributed by atoms with Crippen LogP contribution in [0.2, 0.25) is 0 Å². The van der Waals surface area contributed by atoms with Gasteiger partial charge < -0.3 is 30.0 Å². The molecule has 11 heteroatoms. The van der Waals surface area contributed by atoms with E-state index in [1.165, 1.54) is 5.06 Å². The van der Waals surface area contributed by atoms with Crippen LogP contribution < -0.4 is 11.1 Å². The zero-order valence-electron chi connectivity index (χ0n) is 26.6. The van der Waals surface area contributed by atoms with Gasteiger partial charge in [0.15, 0.2) is 0 Å². The molecule has 3 aliphatic heterocycles. The Labute approximate surface area is 250 Å². The number of nitrogens with zero attached hydrogens (tertiary/aromatic N) is 2. The summed E-state index contributed by atoms with van der Waals surface area (Å²) < 4.78 is 20.8. The van der Waals surface area contributed by atoms with E-state index in [1.54, 1.807) is 45.0 Å². The van der Waals surface area contributed by atoms with Crippen LogP contribution in [-0.4, -0.2) is 67.0 Å². The Balaban J connectivity index is 0.000000235. The molecule has 2 amide bonds. The SMILES string of the molecule is CC(C)(C)OC(=O)N1OC1c1ccc(C#N)cc1.CC1(CNC(=O)OC(C)(C)C)CCOCC1.CC1(N)CCOCC1. The zero-order chi connectivity index (χ0) is 31.6. The molecule has 0 saturated carbocycles. The van der Waals surface area contributed by atoms with Crippen molar-refractivity contribution < 1.29 is 33.4 Å². The largest absolute Gasteiger partial charge is 0.444 e. The van der Waals surface area contributed by atoms with Crippen molar-refractivity contribution in [3.8, 4) is 6.07 Å². The molecule has 1 aromatic rings. The lowest BCUT2D eigenvalue weighted by Crippen LogP contribution is -2.41. The third-order valence-electron chi connectivity index (χ3n) is 6.67. The molecule has 3 heterocycles. The van der Waals surface area contributed by atoms with Crippen LogP contribution in [0, 0.1) is 16.7 Å². The predicted molar refractivity (Wildman–Crippen MR) is 158 cm³/mol. The molecule has 1 atom stereocenters. The van der Waals surface area contributed by atoms with Gasteiger partial charge in [-0.05, 0) is 91.7 Å². The van der Waals surface area contributed by atoms with Gasteiger partial charge in [0.05, 0.1) is 11.6 Å². The number of nitriles is 1. The second-order valence-corrected chi connectivity index (χ2v) is 13.5. The lowest BCUT2D eigenvalue weighted by Gasteiger charge is -2.33. The molecule has 11 nitrogen and oxygen atoms in total. The van der Waals surface area contributed by atoms with Crippen LogP contribution in [0.25, 0.3) is 0 Å². The minimum Gasteiger partial charge on any atom is -0.444 e. The van der Waals surface area contributed by atoms with E-state index in [0.717, 1.165) is 57.7 Å². The van der Waals surface area contributed by atoms with E-state index in [-0.39, 0.29) is 17.0 Å². The van der Waals surface area contributed by atoms with Crippen LogP contribution in [0.1, 0.15) is 98.4 Å². The number of hydrogen-bond donors (Lipinski definition) is 2. The monoisotopic (exact) mass is 590 g/mol. The molecule has 42 heavy (non-hydrogen) atoms. The summed E-state index contributed by atoms with van der Waals surface area (Å²) in [7, 11) is 0. The quantitative estimate of drug-likeness (QED) is 0.430. The Morgan fingerprint density at radius 3 is 1.88 bits per heavy atom. The number of hydroxylamine groups is 2. The highest BCUT2D eigenvalue weighted by atomic mass is 16.9. The fourth-order valence-electron chi connectivity index (χ4n) is 3.92. The van der Waals surface area contributed by atoms with Crippen molar-refractivity contribution in [1.82, 2.24) is 10.4 Å². The molecule has 0 spiro atoms. The number of nitrogens with one attached hydrogen (secondary N) is 1. The molecule has 3 aliphatic rings. The Morgan fingerprint density at radius 1 is 0.952 bits per heavy atom. The number of benzene rings is 1. The van der Waals surface area contributed by atoms with Crippen LogP contribution in [0.3, 0.4) is 0 Å². The lowest BCUT2D eigenvalue weighted by molar-refractivity contribution is 0.0179. The summed E-state index contributed by atoms with van der Waals surface area (Å²) in [6, 6.07) is 8.92. The van der Waals surface area contributed by atoms with Crippen molar-refractivity contribution in [3.63, 3.8) is 0 Å². The first kappa shape index (κ1) is 35.3. The van der Waals surface area contributed by atoms with Gasteiger partial charge >= 0.3 is 12.2 Å². The van der Waals surface area contributed by atoms with E-state index < -0.39 is 23.5 Å². The van der Waals surface area contributed by atoms with Gasteiger partial charge in [-0.3, -0.25) is 0 Å². The molecule has 3 saturated heterocycles. The van der Waals surface area contributed by atoms with Gasteiger partial charge in [0.1, 0.15) is 11.2 Å². The van der Waals surface area contributed by atoms with Crippen molar-refractivity contribution in [2.75, 3.05) is 33.0 Å². The third-order valence-corrected chi connectivity index (χ3v) is 6.67. The topological polar surface area (TPSA) is 148 Å². The van der Waals surface area contributed by atoms with E-state index in [0.29, 0.717) is 12.1 Å². The molecule has 236 valence electrons. The van der Waals surface area contributed by atoms with Gasteiger partial charge in [-0.1, -0.05) is 19.1 Å². The van der Waals surface area contributed by atoms with Crippen LogP contribution in [-0.2, 0) is 23.8 Å². The maximum atomic E-state index is 11.7. The van der Waals surface area contributed by atoms with Crippen molar-refractivity contribution in [2.45, 2.75) is 104 Å². The fourth-order valence-corrected chi connectivity index (χ4v) is 3.92. The summed E-state index contributed by atoms with van der Waals surface area (Å²) in [6.45, 7) is 19.1. The summed E-state index contributed by atoms with van der Waals surface area (Å²) in [4.78, 5) is 28.3. The molecule has 0 bridgehead atoms. The van der Waals surface area contributed by atoms with Gasteiger partial charge in [-0.2, -0.15) is 5.26 Å². The molecular weight excluding hydrogens is 540 g/mol. The number of ether oxygens (including phenoxy) is 4. The van der Waals surface area contributed by atoms with Crippen molar-refractivity contribution in [1.29, 1.82) is 5.26 Å². The highest BCUT2D eigenvalue weighted by Crippen LogP contribution is 2.38. The van der Waals surface area contributed by atoms with Crippen LogP contribution in [0.5, 0.6) is 0 Å². The van der Waals surface area contributed by atoms with Gasteiger partial charge in [-0.25, -0.2) is 14.4 Å². The molecular formula is C31H50N4O7. The molecule has 1 aromatic carbocycles. The maximum absolute atomic E-state index is 11.7. The normalized spacial score (nSPS) is 20.8. The smallest absolute Gasteiger partial charge is 0.437 e. The van der Waals surface area contributed by atoms with Gasteiger partial charge in [0.25, 0.3) is 0 Å². The van der Waals surface area contributed by atoms with E-state index in [2.05, 4.69) is 19.2 Å². The molecule has 3 fully saturated rings. The lowest BCUT2D eigenvalue weighted by atomic mass is 9.82. The van der Waals surface area contributed by atoms with E-state index in [1.807, 2.05) is 26.8 Å². The summed E-state index contributed by atoms with van der Waals surface area (Å²) in [6.07, 6.45) is 2.75. The predicted octanol–water partition coefficient (Wildman–Crippen LogP) is 5.58. The first-order chi connectivity index (χ1) is 19.4. The number of carbonyl (C=O) groups excluding carboxylic acids is 2. The molecule has 3 N–H and O–H groups in total. The molecule has 0 aromatic heterocycles. The van der Waals surface area contributed by atoms with Crippen molar-refractivity contribution in [3.05, 3.63) is 35.4 Å². The molecule has 0 aliphatic carbocycles. The summed E-state index contributed by atoms with van der Waals surface area (Å²) in [5.41, 5.74) is 6.42. The minimum absolute atomic E-state index is 0.0538. The second-order valence-electron chi connectivity index (χ2n) is 13.5.